The maximum Gasteiger partial charge on any atom is 0.331 e. The summed E-state index contributed by atoms with van der Waals surface area (Å²) in [6, 6.07) is 7.22. The lowest BCUT2D eigenvalue weighted by Crippen LogP contribution is -2.31. The highest BCUT2D eigenvalue weighted by Crippen LogP contribution is 2.13. The molecule has 114 valence electrons. The zero-order chi connectivity index (χ0) is 15.5. The second kappa shape index (κ2) is 9.55. The molecule has 0 heterocycles. The van der Waals surface area contributed by atoms with E-state index in [1.54, 1.807) is 25.3 Å². The number of carbonyl (C=O) groups is 2. The first kappa shape index (κ1) is 16.7. The number of amides is 1. The minimum Gasteiger partial charge on any atom is -0.497 e. The monoisotopic (exact) mass is 293 g/mol. The smallest absolute Gasteiger partial charge is 0.331 e. The van der Waals surface area contributed by atoms with Crippen LogP contribution in [0, 0.1) is 0 Å². The van der Waals surface area contributed by atoms with Gasteiger partial charge < -0.3 is 19.5 Å². The highest BCUT2D eigenvalue weighted by atomic mass is 16.5. The van der Waals surface area contributed by atoms with Crippen molar-refractivity contribution in [3.8, 4) is 5.75 Å². The number of carbonyl (C=O) groups excluding carboxylic acids is 2. The number of methoxy groups -OCH3 is 2. The highest BCUT2D eigenvalue weighted by Gasteiger charge is 2.04. The topological polar surface area (TPSA) is 73.9 Å². The Morgan fingerprint density at radius 2 is 2.10 bits per heavy atom. The molecule has 0 unspecified atom stereocenters. The molecule has 0 fully saturated rings. The third kappa shape index (κ3) is 7.12. The lowest BCUT2D eigenvalue weighted by molar-refractivity contribution is -0.143. The van der Waals surface area contributed by atoms with E-state index >= 15 is 0 Å². The second-order valence-electron chi connectivity index (χ2n) is 4.06. The van der Waals surface area contributed by atoms with Crippen molar-refractivity contribution in [2.24, 2.45) is 0 Å². The van der Waals surface area contributed by atoms with E-state index in [0.717, 1.165) is 5.56 Å². The second-order valence-corrected chi connectivity index (χ2v) is 4.06. The van der Waals surface area contributed by atoms with Crippen LogP contribution >= 0.6 is 0 Å². The third-order valence-electron chi connectivity index (χ3n) is 2.48. The van der Waals surface area contributed by atoms with Crippen molar-refractivity contribution in [1.82, 2.24) is 5.32 Å². The molecule has 1 N–H and O–H groups in total. The first-order valence-corrected chi connectivity index (χ1v) is 6.40. The summed E-state index contributed by atoms with van der Waals surface area (Å²) in [5.74, 6) is -0.252. The fourth-order valence-corrected chi connectivity index (χ4v) is 1.44. The van der Waals surface area contributed by atoms with E-state index < -0.39 is 5.97 Å². The molecule has 1 aromatic carbocycles. The summed E-state index contributed by atoms with van der Waals surface area (Å²) in [6.07, 6.45) is 2.85. The van der Waals surface area contributed by atoms with Crippen molar-refractivity contribution < 1.29 is 23.8 Å². The molecule has 6 heteroatoms. The first-order valence-electron chi connectivity index (χ1n) is 6.40. The minimum atomic E-state index is -0.584. The zero-order valence-corrected chi connectivity index (χ0v) is 12.1. The SMILES string of the molecule is COCCNC(=O)COC(=O)C=Cc1cccc(OC)c1. The van der Waals surface area contributed by atoms with Crippen LogP contribution in [0.2, 0.25) is 0 Å². The van der Waals surface area contributed by atoms with Crippen LogP contribution < -0.4 is 10.1 Å². The Hall–Kier alpha value is -2.34. The molecular formula is C15H19NO5. The number of hydrogen-bond acceptors (Lipinski definition) is 5. The van der Waals surface area contributed by atoms with Crippen LogP contribution in [-0.4, -0.2) is 45.9 Å². The van der Waals surface area contributed by atoms with E-state index in [4.69, 9.17) is 14.2 Å². The van der Waals surface area contributed by atoms with Gasteiger partial charge >= 0.3 is 5.97 Å². The van der Waals surface area contributed by atoms with Gasteiger partial charge in [-0.25, -0.2) is 4.79 Å². The van der Waals surface area contributed by atoms with Gasteiger partial charge in [0.2, 0.25) is 0 Å². The zero-order valence-electron chi connectivity index (χ0n) is 12.1. The fourth-order valence-electron chi connectivity index (χ4n) is 1.44. The Morgan fingerprint density at radius 3 is 2.81 bits per heavy atom. The van der Waals surface area contributed by atoms with Crippen molar-refractivity contribution >= 4 is 18.0 Å². The molecule has 0 aliphatic carbocycles. The van der Waals surface area contributed by atoms with Crippen LogP contribution in [0.4, 0.5) is 0 Å². The number of esters is 1. The van der Waals surface area contributed by atoms with Gasteiger partial charge in [-0.15, -0.1) is 0 Å². The highest BCUT2D eigenvalue weighted by molar-refractivity contribution is 5.89. The molecule has 0 bridgehead atoms. The van der Waals surface area contributed by atoms with Crippen molar-refractivity contribution in [2.75, 3.05) is 34.0 Å². The molecule has 1 rings (SSSR count). The van der Waals surface area contributed by atoms with Crippen molar-refractivity contribution in [3.63, 3.8) is 0 Å². The van der Waals surface area contributed by atoms with E-state index in [1.165, 1.54) is 13.2 Å². The molecule has 6 nitrogen and oxygen atoms in total. The number of hydrogen-bond donors (Lipinski definition) is 1. The van der Waals surface area contributed by atoms with Crippen molar-refractivity contribution in [3.05, 3.63) is 35.9 Å². The van der Waals surface area contributed by atoms with Gasteiger partial charge in [0.1, 0.15) is 5.75 Å². The van der Waals surface area contributed by atoms with E-state index in [-0.39, 0.29) is 12.5 Å². The summed E-state index contributed by atoms with van der Waals surface area (Å²) in [6.45, 7) is 0.479. The molecular weight excluding hydrogens is 274 g/mol. The Kier molecular flexibility index (Phi) is 7.60. The van der Waals surface area contributed by atoms with Crippen LogP contribution in [0.3, 0.4) is 0 Å². The molecule has 0 spiro atoms. The van der Waals surface area contributed by atoms with Gasteiger partial charge in [-0.1, -0.05) is 12.1 Å². The van der Waals surface area contributed by atoms with Gasteiger partial charge in [-0.05, 0) is 23.8 Å². The summed E-state index contributed by atoms with van der Waals surface area (Å²) >= 11 is 0. The Bertz CT molecular complexity index is 499. The van der Waals surface area contributed by atoms with Crippen molar-refractivity contribution in [1.29, 1.82) is 0 Å². The summed E-state index contributed by atoms with van der Waals surface area (Å²) < 4.78 is 14.7. The Balaban J connectivity index is 2.35. The van der Waals surface area contributed by atoms with Crippen LogP contribution in [0.5, 0.6) is 5.75 Å². The molecule has 0 radical (unpaired) electrons. The lowest BCUT2D eigenvalue weighted by Gasteiger charge is -2.04. The largest absolute Gasteiger partial charge is 0.497 e. The Morgan fingerprint density at radius 1 is 1.29 bits per heavy atom. The normalized spacial score (nSPS) is 10.4. The Labute approximate surface area is 123 Å². The predicted molar refractivity (Wildman–Crippen MR) is 77.9 cm³/mol. The number of ether oxygens (including phenoxy) is 3. The van der Waals surface area contributed by atoms with Gasteiger partial charge in [0.05, 0.1) is 13.7 Å². The van der Waals surface area contributed by atoms with E-state index in [9.17, 15) is 9.59 Å². The third-order valence-corrected chi connectivity index (χ3v) is 2.48. The quantitative estimate of drug-likeness (QED) is 0.440. The lowest BCUT2D eigenvalue weighted by atomic mass is 10.2. The maximum atomic E-state index is 11.5. The molecule has 0 aromatic heterocycles. The van der Waals surface area contributed by atoms with E-state index in [2.05, 4.69) is 5.32 Å². The van der Waals surface area contributed by atoms with Gasteiger partial charge in [-0.3, -0.25) is 4.79 Å². The first-order chi connectivity index (χ1) is 10.2. The maximum absolute atomic E-state index is 11.5. The van der Waals surface area contributed by atoms with Crippen LogP contribution in [0.1, 0.15) is 5.56 Å². The number of rotatable bonds is 8. The average Bonchev–Trinajstić information content (AvgIpc) is 2.51. The molecule has 1 aromatic rings. The molecule has 0 saturated carbocycles. The molecule has 0 saturated heterocycles. The number of nitrogens with one attached hydrogen (secondary N) is 1. The average molecular weight is 293 g/mol. The summed E-state index contributed by atoms with van der Waals surface area (Å²) in [5.41, 5.74) is 0.802. The summed E-state index contributed by atoms with van der Waals surface area (Å²) in [4.78, 5) is 22.8. The predicted octanol–water partition coefficient (Wildman–Crippen LogP) is 1.01. The van der Waals surface area contributed by atoms with Crippen LogP contribution in [0.15, 0.2) is 30.3 Å². The molecule has 0 aliphatic rings. The summed E-state index contributed by atoms with van der Waals surface area (Å²) in [5, 5.41) is 2.55. The van der Waals surface area contributed by atoms with Gasteiger partial charge in [0, 0.05) is 19.7 Å². The molecule has 0 atom stereocenters. The van der Waals surface area contributed by atoms with Gasteiger partial charge in [-0.2, -0.15) is 0 Å². The number of benzene rings is 1. The molecule has 21 heavy (non-hydrogen) atoms. The summed E-state index contributed by atoms with van der Waals surface area (Å²) in [7, 11) is 3.11. The standard InChI is InChI=1S/C15H19NO5/c1-19-9-8-16-14(17)11-21-15(18)7-6-12-4-3-5-13(10-12)20-2/h3-7,10H,8-9,11H2,1-2H3,(H,16,17). The van der Waals surface area contributed by atoms with Gasteiger partial charge in [0.15, 0.2) is 6.61 Å². The van der Waals surface area contributed by atoms with Crippen molar-refractivity contribution in [2.45, 2.75) is 0 Å². The minimum absolute atomic E-state index is 0.314. The molecule has 0 aliphatic heterocycles. The fraction of sp³-hybridized carbons (Fsp3) is 0.333. The van der Waals surface area contributed by atoms with Crippen LogP contribution in [0.25, 0.3) is 6.08 Å². The van der Waals surface area contributed by atoms with E-state index in [0.29, 0.717) is 18.9 Å². The van der Waals surface area contributed by atoms with Gasteiger partial charge in [0.25, 0.3) is 5.91 Å². The molecule has 1 amide bonds. The van der Waals surface area contributed by atoms with Crippen LogP contribution in [-0.2, 0) is 19.1 Å². The van der Waals surface area contributed by atoms with E-state index in [1.807, 2.05) is 12.1 Å².